The van der Waals surface area contributed by atoms with Gasteiger partial charge < -0.3 is 10.2 Å². The van der Waals surface area contributed by atoms with Crippen molar-refractivity contribution in [2.24, 2.45) is 5.92 Å². The zero-order valence-corrected chi connectivity index (χ0v) is 14.2. The third-order valence-corrected chi connectivity index (χ3v) is 4.59. The van der Waals surface area contributed by atoms with E-state index in [-0.39, 0.29) is 5.91 Å². The molecule has 1 aliphatic heterocycles. The summed E-state index contributed by atoms with van der Waals surface area (Å²) in [5, 5.41) is 8.21. The average Bonchev–Trinajstić information content (AvgIpc) is 3.14. The first-order chi connectivity index (χ1) is 11.1. The van der Waals surface area contributed by atoms with Crippen LogP contribution in [0.3, 0.4) is 0 Å². The van der Waals surface area contributed by atoms with Crippen molar-refractivity contribution in [3.05, 3.63) is 46.7 Å². The maximum atomic E-state index is 12.8. The molecule has 3 rings (SSSR count). The lowest BCUT2D eigenvalue weighted by molar-refractivity contribution is 0.0786. The number of amides is 1. The number of halogens is 1. The van der Waals surface area contributed by atoms with Crippen LogP contribution < -0.4 is 5.32 Å². The molecular weight excluding hydrogens is 312 g/mol. The summed E-state index contributed by atoms with van der Waals surface area (Å²) in [7, 11) is 1.95. The summed E-state index contributed by atoms with van der Waals surface area (Å²) in [6, 6.07) is 7.47. The second-order valence-electron chi connectivity index (χ2n) is 6.00. The Bertz CT molecular complexity index is 712. The molecule has 0 radical (unpaired) electrons. The molecule has 1 unspecified atom stereocenters. The summed E-state index contributed by atoms with van der Waals surface area (Å²) in [5.74, 6) is 0.599. The van der Waals surface area contributed by atoms with Crippen LogP contribution in [-0.2, 0) is 0 Å². The summed E-state index contributed by atoms with van der Waals surface area (Å²) in [6.07, 6.45) is 2.71. The zero-order chi connectivity index (χ0) is 16.4. The summed E-state index contributed by atoms with van der Waals surface area (Å²) >= 11 is 6.04. The van der Waals surface area contributed by atoms with E-state index in [0.717, 1.165) is 37.4 Å². The van der Waals surface area contributed by atoms with Crippen molar-refractivity contribution in [1.29, 1.82) is 0 Å². The molecular formula is C17H21ClN4O. The van der Waals surface area contributed by atoms with E-state index in [9.17, 15) is 4.79 Å². The van der Waals surface area contributed by atoms with Gasteiger partial charge in [0.2, 0.25) is 0 Å². The monoisotopic (exact) mass is 332 g/mol. The smallest absolute Gasteiger partial charge is 0.257 e. The van der Waals surface area contributed by atoms with Gasteiger partial charge >= 0.3 is 0 Å². The van der Waals surface area contributed by atoms with Gasteiger partial charge in [-0.05, 0) is 51.1 Å². The van der Waals surface area contributed by atoms with E-state index in [1.54, 1.807) is 10.9 Å². The van der Waals surface area contributed by atoms with Gasteiger partial charge in [-0.2, -0.15) is 5.10 Å². The molecule has 2 heterocycles. The highest BCUT2D eigenvalue weighted by molar-refractivity contribution is 6.30. The molecule has 0 spiro atoms. The van der Waals surface area contributed by atoms with Crippen LogP contribution in [0.25, 0.3) is 5.69 Å². The molecule has 6 heteroatoms. The minimum Gasteiger partial charge on any atom is -0.338 e. The second-order valence-corrected chi connectivity index (χ2v) is 6.44. The molecule has 122 valence electrons. The van der Waals surface area contributed by atoms with E-state index in [1.807, 2.05) is 43.1 Å². The van der Waals surface area contributed by atoms with E-state index in [0.29, 0.717) is 16.5 Å². The largest absolute Gasteiger partial charge is 0.338 e. The number of hydrogen-bond donors (Lipinski definition) is 1. The van der Waals surface area contributed by atoms with Crippen molar-refractivity contribution < 1.29 is 4.79 Å². The molecule has 2 aromatic rings. The van der Waals surface area contributed by atoms with Gasteiger partial charge in [-0.1, -0.05) is 17.7 Å². The first kappa shape index (κ1) is 16.0. The number of benzene rings is 1. The molecule has 1 amide bonds. The standard InChI is InChI=1S/C17H21ClN4O/c1-12-16(17(23)21-7-6-13(11-21)9-19-2)10-20-22(12)15-5-3-4-14(18)8-15/h3-5,8,10,13,19H,6-7,9,11H2,1-2H3. The number of nitrogens with one attached hydrogen (secondary N) is 1. The van der Waals surface area contributed by atoms with Crippen molar-refractivity contribution in [2.75, 3.05) is 26.7 Å². The van der Waals surface area contributed by atoms with Crippen LogP contribution in [-0.4, -0.2) is 47.3 Å². The van der Waals surface area contributed by atoms with Gasteiger partial charge in [0.25, 0.3) is 5.91 Å². The van der Waals surface area contributed by atoms with Crippen LogP contribution in [0, 0.1) is 12.8 Å². The number of aromatic nitrogens is 2. The van der Waals surface area contributed by atoms with Gasteiger partial charge in [-0.25, -0.2) is 4.68 Å². The number of likely N-dealkylation sites (tertiary alicyclic amines) is 1. The lowest BCUT2D eigenvalue weighted by Gasteiger charge is -2.16. The Morgan fingerprint density at radius 2 is 2.30 bits per heavy atom. The van der Waals surface area contributed by atoms with Crippen LogP contribution in [0.4, 0.5) is 0 Å². The van der Waals surface area contributed by atoms with Gasteiger partial charge in [0.15, 0.2) is 0 Å². The highest BCUT2D eigenvalue weighted by Gasteiger charge is 2.28. The number of hydrogen-bond acceptors (Lipinski definition) is 3. The molecule has 0 saturated carbocycles. The molecule has 5 nitrogen and oxygen atoms in total. The van der Waals surface area contributed by atoms with Crippen molar-refractivity contribution in [2.45, 2.75) is 13.3 Å². The predicted octanol–water partition coefficient (Wildman–Crippen LogP) is 2.52. The minimum absolute atomic E-state index is 0.0642. The SMILES string of the molecule is CNCC1CCN(C(=O)c2cnn(-c3cccc(Cl)c3)c2C)C1. The number of carbonyl (C=O) groups excluding carboxylic acids is 1. The van der Waals surface area contributed by atoms with E-state index < -0.39 is 0 Å². The minimum atomic E-state index is 0.0642. The van der Waals surface area contributed by atoms with E-state index in [1.165, 1.54) is 0 Å². The Labute approximate surface area is 141 Å². The number of nitrogens with zero attached hydrogens (tertiary/aromatic N) is 3. The van der Waals surface area contributed by atoms with E-state index in [2.05, 4.69) is 10.4 Å². The molecule has 1 aromatic heterocycles. The van der Waals surface area contributed by atoms with Crippen LogP contribution >= 0.6 is 11.6 Å². The molecule has 1 saturated heterocycles. The predicted molar refractivity (Wildman–Crippen MR) is 91.2 cm³/mol. The molecule has 0 bridgehead atoms. The highest BCUT2D eigenvalue weighted by atomic mass is 35.5. The molecule has 1 atom stereocenters. The summed E-state index contributed by atoms with van der Waals surface area (Å²) < 4.78 is 1.76. The molecule has 1 aromatic carbocycles. The normalized spacial score (nSPS) is 17.7. The fraction of sp³-hybridized carbons (Fsp3) is 0.412. The van der Waals surface area contributed by atoms with Gasteiger partial charge in [0, 0.05) is 18.1 Å². The average molecular weight is 333 g/mol. The van der Waals surface area contributed by atoms with Crippen LogP contribution in [0.15, 0.2) is 30.5 Å². The topological polar surface area (TPSA) is 50.2 Å². The van der Waals surface area contributed by atoms with Crippen molar-refractivity contribution in [3.63, 3.8) is 0 Å². The fourth-order valence-corrected chi connectivity index (χ4v) is 3.32. The lowest BCUT2D eigenvalue weighted by Crippen LogP contribution is -2.30. The van der Waals surface area contributed by atoms with Crippen molar-refractivity contribution in [3.8, 4) is 5.69 Å². The van der Waals surface area contributed by atoms with E-state index >= 15 is 0 Å². The summed E-state index contributed by atoms with van der Waals surface area (Å²) in [6.45, 7) is 4.49. The number of rotatable bonds is 4. The molecule has 23 heavy (non-hydrogen) atoms. The molecule has 1 N–H and O–H groups in total. The Kier molecular flexibility index (Phi) is 4.68. The quantitative estimate of drug-likeness (QED) is 0.936. The van der Waals surface area contributed by atoms with Crippen molar-refractivity contribution in [1.82, 2.24) is 20.0 Å². The third kappa shape index (κ3) is 3.26. The first-order valence-corrected chi connectivity index (χ1v) is 8.22. The Balaban J connectivity index is 1.81. The van der Waals surface area contributed by atoms with E-state index in [4.69, 9.17) is 11.6 Å². The van der Waals surface area contributed by atoms with Gasteiger partial charge in [0.05, 0.1) is 23.1 Å². The fourth-order valence-electron chi connectivity index (χ4n) is 3.13. The summed E-state index contributed by atoms with van der Waals surface area (Å²) in [4.78, 5) is 14.7. The number of carbonyl (C=O) groups is 1. The Morgan fingerprint density at radius 3 is 3.04 bits per heavy atom. The third-order valence-electron chi connectivity index (χ3n) is 4.36. The maximum Gasteiger partial charge on any atom is 0.257 e. The maximum absolute atomic E-state index is 12.8. The first-order valence-electron chi connectivity index (χ1n) is 7.84. The van der Waals surface area contributed by atoms with Crippen LogP contribution in [0.1, 0.15) is 22.5 Å². The van der Waals surface area contributed by atoms with Gasteiger partial charge in [-0.15, -0.1) is 0 Å². The lowest BCUT2D eigenvalue weighted by atomic mass is 10.1. The zero-order valence-electron chi connectivity index (χ0n) is 13.4. The summed E-state index contributed by atoms with van der Waals surface area (Å²) in [5.41, 5.74) is 2.37. The van der Waals surface area contributed by atoms with Gasteiger partial charge in [0.1, 0.15) is 0 Å². The van der Waals surface area contributed by atoms with Crippen LogP contribution in [0.5, 0.6) is 0 Å². The highest BCUT2D eigenvalue weighted by Crippen LogP contribution is 2.22. The second kappa shape index (κ2) is 6.72. The Morgan fingerprint density at radius 1 is 1.48 bits per heavy atom. The van der Waals surface area contributed by atoms with Gasteiger partial charge in [-0.3, -0.25) is 4.79 Å². The molecule has 0 aliphatic carbocycles. The molecule has 1 fully saturated rings. The van der Waals surface area contributed by atoms with Crippen LogP contribution in [0.2, 0.25) is 5.02 Å². The Hall–Kier alpha value is -1.85. The molecule has 1 aliphatic rings. The van der Waals surface area contributed by atoms with Crippen molar-refractivity contribution >= 4 is 17.5 Å².